The molecule has 86 valence electrons. The minimum atomic E-state index is 0.429. The van der Waals surface area contributed by atoms with Crippen LogP contribution in [-0.2, 0) is 5.41 Å². The zero-order valence-corrected chi connectivity index (χ0v) is 11.6. The van der Waals surface area contributed by atoms with Crippen molar-refractivity contribution in [2.75, 3.05) is 0 Å². The summed E-state index contributed by atoms with van der Waals surface area (Å²) < 4.78 is 5.12. The Labute approximate surface area is 108 Å². The Morgan fingerprint density at radius 2 is 1.62 bits per heavy atom. The number of nitrogens with zero attached hydrogens (tertiary/aromatic N) is 2. The Hall–Kier alpha value is 0.0400. The summed E-state index contributed by atoms with van der Waals surface area (Å²) in [6.45, 7) is 0. The first-order valence-electron chi connectivity index (χ1n) is 6.23. The van der Waals surface area contributed by atoms with Crippen molar-refractivity contribution in [2.24, 2.45) is 17.8 Å². The van der Waals surface area contributed by atoms with E-state index in [2.05, 4.69) is 25.3 Å². The third-order valence-corrected chi connectivity index (χ3v) is 6.44. The van der Waals surface area contributed by atoms with Gasteiger partial charge in [0.05, 0.1) is 0 Å². The summed E-state index contributed by atoms with van der Waals surface area (Å²) in [6.07, 6.45) is 8.67. The van der Waals surface area contributed by atoms with Crippen LogP contribution in [0, 0.1) is 17.8 Å². The molecule has 0 radical (unpaired) electrons. The second kappa shape index (κ2) is 3.29. The average molecular weight is 299 g/mol. The van der Waals surface area contributed by atoms with E-state index in [9.17, 15) is 0 Å². The van der Waals surface area contributed by atoms with Crippen LogP contribution in [-0.4, -0.2) is 9.36 Å². The van der Waals surface area contributed by atoms with E-state index in [0.717, 1.165) is 22.5 Å². The molecule has 0 amide bonds. The van der Waals surface area contributed by atoms with Crippen LogP contribution in [0.4, 0.5) is 0 Å². The van der Waals surface area contributed by atoms with Crippen LogP contribution in [0.2, 0.25) is 0 Å². The van der Waals surface area contributed by atoms with E-state index in [-0.39, 0.29) is 0 Å². The Balaban J connectivity index is 1.76. The van der Waals surface area contributed by atoms with Crippen LogP contribution in [0.3, 0.4) is 0 Å². The molecule has 16 heavy (non-hydrogen) atoms. The monoisotopic (exact) mass is 298 g/mol. The third-order valence-electron chi connectivity index (χ3n) is 4.89. The molecule has 0 saturated heterocycles. The van der Waals surface area contributed by atoms with Crippen molar-refractivity contribution in [1.82, 2.24) is 9.36 Å². The maximum atomic E-state index is 4.62. The molecule has 4 bridgehead atoms. The molecule has 0 aromatic carbocycles. The molecule has 4 aliphatic rings. The predicted molar refractivity (Wildman–Crippen MR) is 67.5 cm³/mol. The highest BCUT2D eigenvalue weighted by atomic mass is 79.9. The molecule has 0 aliphatic heterocycles. The topological polar surface area (TPSA) is 25.8 Å². The molecule has 1 heterocycles. The minimum absolute atomic E-state index is 0.429. The van der Waals surface area contributed by atoms with Crippen molar-refractivity contribution < 1.29 is 0 Å². The molecule has 0 atom stereocenters. The van der Waals surface area contributed by atoms with Crippen molar-refractivity contribution in [3.8, 4) is 0 Å². The zero-order valence-electron chi connectivity index (χ0n) is 9.16. The third kappa shape index (κ3) is 1.35. The van der Waals surface area contributed by atoms with E-state index < -0.39 is 0 Å². The van der Waals surface area contributed by atoms with Crippen molar-refractivity contribution in [1.29, 1.82) is 0 Å². The van der Waals surface area contributed by atoms with Gasteiger partial charge in [0.2, 0.25) is 4.73 Å². The van der Waals surface area contributed by atoms with E-state index in [1.807, 2.05) is 0 Å². The maximum Gasteiger partial charge on any atom is 0.209 e. The summed E-state index contributed by atoms with van der Waals surface area (Å²) in [6, 6.07) is 0. The number of rotatable bonds is 1. The highest BCUT2D eigenvalue weighted by molar-refractivity contribution is 9.10. The SMILES string of the molecule is Brc1nsc(C23CC4CC(CC(C4)C2)C3)n1. The Morgan fingerprint density at radius 3 is 2.06 bits per heavy atom. The first-order valence-corrected chi connectivity index (χ1v) is 7.80. The van der Waals surface area contributed by atoms with Crippen LogP contribution >= 0.6 is 27.5 Å². The number of halogens is 1. The Kier molecular flexibility index (Phi) is 2.06. The van der Waals surface area contributed by atoms with Gasteiger partial charge in [-0.3, -0.25) is 0 Å². The van der Waals surface area contributed by atoms with Gasteiger partial charge in [-0.2, -0.15) is 4.37 Å². The lowest BCUT2D eigenvalue weighted by Gasteiger charge is -2.55. The maximum absolute atomic E-state index is 4.62. The normalized spacial score (nSPS) is 45.2. The summed E-state index contributed by atoms with van der Waals surface area (Å²) in [7, 11) is 0. The lowest BCUT2D eigenvalue weighted by Crippen LogP contribution is -2.48. The van der Waals surface area contributed by atoms with Gasteiger partial charge in [-0.05, 0) is 83.7 Å². The fourth-order valence-corrected chi connectivity index (χ4v) is 6.08. The smallest absolute Gasteiger partial charge is 0.209 e. The van der Waals surface area contributed by atoms with E-state index in [4.69, 9.17) is 0 Å². The summed E-state index contributed by atoms with van der Waals surface area (Å²) in [5, 5.41) is 1.32. The Morgan fingerprint density at radius 1 is 1.06 bits per heavy atom. The van der Waals surface area contributed by atoms with Gasteiger partial charge in [-0.15, -0.1) is 0 Å². The van der Waals surface area contributed by atoms with Crippen LogP contribution in [0.1, 0.15) is 43.5 Å². The first-order chi connectivity index (χ1) is 7.73. The standard InChI is InChI=1S/C12H15BrN2S/c13-11-14-10(16-15-11)12-4-7-1-8(5-12)3-9(2-7)6-12/h7-9H,1-6H2. The molecule has 2 nitrogen and oxygen atoms in total. The summed E-state index contributed by atoms with van der Waals surface area (Å²) in [5.74, 6) is 2.98. The molecule has 4 heteroatoms. The van der Waals surface area contributed by atoms with Gasteiger partial charge in [-0.25, -0.2) is 4.98 Å². The molecule has 0 unspecified atom stereocenters. The number of hydrogen-bond donors (Lipinski definition) is 0. The first kappa shape index (κ1) is 10.0. The largest absolute Gasteiger partial charge is 0.213 e. The van der Waals surface area contributed by atoms with E-state index in [0.29, 0.717) is 5.41 Å². The highest BCUT2D eigenvalue weighted by Gasteiger charge is 2.53. The molecule has 0 spiro atoms. The van der Waals surface area contributed by atoms with Crippen LogP contribution in [0.25, 0.3) is 0 Å². The second-order valence-corrected chi connectivity index (χ2v) is 7.53. The molecular formula is C12H15BrN2S. The zero-order chi connectivity index (χ0) is 10.8. The summed E-state index contributed by atoms with van der Waals surface area (Å²) in [5.41, 5.74) is 0.429. The molecule has 4 fully saturated rings. The van der Waals surface area contributed by atoms with Crippen molar-refractivity contribution in [2.45, 2.75) is 43.9 Å². The molecule has 4 aliphatic carbocycles. The van der Waals surface area contributed by atoms with Crippen LogP contribution in [0.15, 0.2) is 4.73 Å². The fraction of sp³-hybridized carbons (Fsp3) is 0.833. The van der Waals surface area contributed by atoms with Gasteiger partial charge in [0.15, 0.2) is 0 Å². The lowest BCUT2D eigenvalue weighted by atomic mass is 9.50. The summed E-state index contributed by atoms with van der Waals surface area (Å²) >= 11 is 5.03. The number of aromatic nitrogens is 2. The van der Waals surface area contributed by atoms with Gasteiger partial charge in [-0.1, -0.05) is 0 Å². The van der Waals surface area contributed by atoms with Gasteiger partial charge in [0.25, 0.3) is 0 Å². The molecule has 5 rings (SSSR count). The van der Waals surface area contributed by atoms with Gasteiger partial charge in [0, 0.05) is 5.41 Å². The van der Waals surface area contributed by atoms with E-state index >= 15 is 0 Å². The molecular weight excluding hydrogens is 284 g/mol. The van der Waals surface area contributed by atoms with Crippen molar-refractivity contribution in [3.05, 3.63) is 9.74 Å². The van der Waals surface area contributed by atoms with Gasteiger partial charge >= 0.3 is 0 Å². The predicted octanol–water partition coefficient (Wildman–Crippen LogP) is 3.77. The fourth-order valence-electron chi connectivity index (χ4n) is 4.79. The molecule has 1 aromatic rings. The number of hydrogen-bond acceptors (Lipinski definition) is 3. The molecule has 4 saturated carbocycles. The van der Waals surface area contributed by atoms with Crippen LogP contribution < -0.4 is 0 Å². The Bertz CT molecular complexity index is 393. The highest BCUT2D eigenvalue weighted by Crippen LogP contribution is 2.60. The average Bonchev–Trinajstić information content (AvgIpc) is 2.63. The van der Waals surface area contributed by atoms with Gasteiger partial charge in [0.1, 0.15) is 5.01 Å². The van der Waals surface area contributed by atoms with Crippen LogP contribution in [0.5, 0.6) is 0 Å². The van der Waals surface area contributed by atoms with E-state index in [1.165, 1.54) is 43.5 Å². The van der Waals surface area contributed by atoms with Gasteiger partial charge < -0.3 is 0 Å². The van der Waals surface area contributed by atoms with Crippen molar-refractivity contribution >= 4 is 27.5 Å². The summed E-state index contributed by atoms with van der Waals surface area (Å²) in [4.78, 5) is 4.62. The lowest BCUT2D eigenvalue weighted by molar-refractivity contribution is -0.00532. The molecule has 0 N–H and O–H groups in total. The minimum Gasteiger partial charge on any atom is -0.213 e. The quantitative estimate of drug-likeness (QED) is 0.789. The second-order valence-electron chi connectivity index (χ2n) is 6.07. The molecule has 1 aromatic heterocycles. The van der Waals surface area contributed by atoms with Crippen molar-refractivity contribution in [3.63, 3.8) is 0 Å². The van der Waals surface area contributed by atoms with E-state index in [1.54, 1.807) is 11.5 Å².